The first-order valence-corrected chi connectivity index (χ1v) is 6.01. The van der Waals surface area contributed by atoms with Crippen LogP contribution in [0, 0.1) is 11.6 Å². The van der Waals surface area contributed by atoms with E-state index in [-0.39, 0.29) is 10.6 Å². The minimum atomic E-state index is -0.977. The van der Waals surface area contributed by atoms with Gasteiger partial charge in [0, 0.05) is 0 Å². The number of halogens is 2. The molecule has 0 fully saturated rings. The zero-order chi connectivity index (χ0) is 14.0. The fourth-order valence-corrected chi connectivity index (χ4v) is 2.27. The van der Waals surface area contributed by atoms with Gasteiger partial charge < -0.3 is 11.1 Å². The number of primary amides is 1. The van der Waals surface area contributed by atoms with Crippen molar-refractivity contribution in [3.8, 4) is 0 Å². The fraction of sp³-hybridized carbons (Fsp3) is 0. The summed E-state index contributed by atoms with van der Waals surface area (Å²) in [5, 5.41) is 3.96. The third-order valence-corrected chi connectivity index (χ3v) is 3.18. The minimum absolute atomic E-state index is 0.0927. The van der Waals surface area contributed by atoms with Crippen LogP contribution < -0.4 is 11.1 Å². The Morgan fingerprint density at radius 2 is 1.79 bits per heavy atom. The first kappa shape index (κ1) is 13.2. The smallest absolute Gasteiger partial charge is 0.262 e. The molecule has 0 saturated heterocycles. The van der Waals surface area contributed by atoms with E-state index in [2.05, 4.69) is 5.32 Å². The molecule has 19 heavy (non-hydrogen) atoms. The van der Waals surface area contributed by atoms with Gasteiger partial charge in [0.15, 0.2) is 0 Å². The highest BCUT2D eigenvalue weighted by Gasteiger charge is 2.19. The lowest BCUT2D eigenvalue weighted by atomic mass is 10.2. The molecule has 98 valence electrons. The van der Waals surface area contributed by atoms with E-state index in [4.69, 9.17) is 5.73 Å². The Morgan fingerprint density at radius 1 is 1.16 bits per heavy atom. The van der Waals surface area contributed by atoms with Gasteiger partial charge >= 0.3 is 0 Å². The molecule has 2 aromatic rings. The number of hydrogen-bond acceptors (Lipinski definition) is 3. The molecule has 0 radical (unpaired) electrons. The molecule has 0 atom stereocenters. The highest BCUT2D eigenvalue weighted by molar-refractivity contribution is 7.14. The van der Waals surface area contributed by atoms with Crippen LogP contribution in [0.1, 0.15) is 20.7 Å². The van der Waals surface area contributed by atoms with E-state index in [1.807, 2.05) is 0 Å². The van der Waals surface area contributed by atoms with Crippen molar-refractivity contribution in [2.45, 2.75) is 0 Å². The van der Waals surface area contributed by atoms with Gasteiger partial charge in [-0.05, 0) is 23.6 Å². The van der Waals surface area contributed by atoms with Gasteiger partial charge in [-0.3, -0.25) is 9.59 Å². The Hall–Kier alpha value is -2.28. The van der Waals surface area contributed by atoms with Crippen LogP contribution in [0.15, 0.2) is 29.6 Å². The lowest BCUT2D eigenvalue weighted by Gasteiger charge is -2.06. The zero-order valence-corrected chi connectivity index (χ0v) is 10.3. The minimum Gasteiger partial charge on any atom is -0.366 e. The van der Waals surface area contributed by atoms with E-state index in [0.717, 1.165) is 29.5 Å². The Bertz CT molecular complexity index is 635. The average Bonchev–Trinajstić information content (AvgIpc) is 2.76. The first-order valence-electron chi connectivity index (χ1n) is 5.13. The Kier molecular flexibility index (Phi) is 3.57. The molecule has 0 aliphatic rings. The van der Waals surface area contributed by atoms with Gasteiger partial charge in [0.2, 0.25) is 0 Å². The highest BCUT2D eigenvalue weighted by Crippen LogP contribution is 2.24. The third-order valence-electron chi connectivity index (χ3n) is 2.35. The van der Waals surface area contributed by atoms with Crippen molar-refractivity contribution in [1.29, 1.82) is 0 Å². The topological polar surface area (TPSA) is 72.2 Å². The van der Waals surface area contributed by atoms with Crippen LogP contribution in [0.25, 0.3) is 0 Å². The summed E-state index contributed by atoms with van der Waals surface area (Å²) in [6, 6.07) is 4.52. The van der Waals surface area contributed by atoms with Crippen molar-refractivity contribution < 1.29 is 18.4 Å². The summed E-state index contributed by atoms with van der Waals surface area (Å²) in [5.74, 6) is -3.66. The van der Waals surface area contributed by atoms with E-state index >= 15 is 0 Å². The molecule has 0 aliphatic heterocycles. The number of carbonyl (C=O) groups excluding carboxylic acids is 2. The molecular weight excluding hydrogens is 274 g/mol. The summed E-state index contributed by atoms with van der Waals surface area (Å²) in [4.78, 5) is 22.9. The maximum absolute atomic E-state index is 13.4. The van der Waals surface area contributed by atoms with Crippen LogP contribution in [0.2, 0.25) is 0 Å². The molecule has 0 saturated carbocycles. The second-order valence-corrected chi connectivity index (χ2v) is 4.49. The maximum atomic E-state index is 13.4. The number of nitrogens with one attached hydrogen (secondary N) is 1. The number of benzene rings is 1. The average molecular weight is 282 g/mol. The SMILES string of the molecule is NC(=O)c1ccsc1NC(=O)c1c(F)cccc1F. The Morgan fingerprint density at radius 3 is 2.37 bits per heavy atom. The van der Waals surface area contributed by atoms with Gasteiger partial charge in [0.05, 0.1) is 5.56 Å². The Labute approximate surface area is 110 Å². The number of amides is 2. The lowest BCUT2D eigenvalue weighted by Crippen LogP contribution is -2.18. The molecule has 3 N–H and O–H groups in total. The van der Waals surface area contributed by atoms with E-state index < -0.39 is 29.0 Å². The standard InChI is InChI=1S/C12H8F2N2O2S/c13-7-2-1-3-8(14)9(7)11(18)16-12-6(10(15)17)4-5-19-12/h1-5H,(H2,15,17)(H,16,18). The number of carbonyl (C=O) groups is 2. The molecule has 7 heteroatoms. The van der Waals surface area contributed by atoms with Crippen molar-refractivity contribution >= 4 is 28.2 Å². The fourth-order valence-electron chi connectivity index (χ4n) is 1.48. The van der Waals surface area contributed by atoms with Crippen molar-refractivity contribution in [2.24, 2.45) is 5.73 Å². The van der Waals surface area contributed by atoms with E-state index in [1.54, 1.807) is 0 Å². The van der Waals surface area contributed by atoms with Crippen LogP contribution in [0.4, 0.5) is 13.8 Å². The second kappa shape index (κ2) is 5.15. The molecular formula is C12H8F2N2O2S. The third kappa shape index (κ3) is 2.60. The van der Waals surface area contributed by atoms with E-state index in [9.17, 15) is 18.4 Å². The van der Waals surface area contributed by atoms with Gasteiger partial charge in [-0.25, -0.2) is 8.78 Å². The molecule has 1 aromatic carbocycles. The lowest BCUT2D eigenvalue weighted by molar-refractivity contribution is 0.100. The number of hydrogen-bond donors (Lipinski definition) is 2. The number of rotatable bonds is 3. The van der Waals surface area contributed by atoms with Crippen molar-refractivity contribution in [2.75, 3.05) is 5.32 Å². The summed E-state index contributed by atoms with van der Waals surface area (Å²) in [6.07, 6.45) is 0. The highest BCUT2D eigenvalue weighted by atomic mass is 32.1. The van der Waals surface area contributed by atoms with E-state index in [0.29, 0.717) is 0 Å². The summed E-state index contributed by atoms with van der Waals surface area (Å²) >= 11 is 1.03. The van der Waals surface area contributed by atoms with Gasteiger partial charge in [0.25, 0.3) is 11.8 Å². The van der Waals surface area contributed by atoms with Crippen LogP contribution in [-0.2, 0) is 0 Å². The van der Waals surface area contributed by atoms with Crippen molar-refractivity contribution in [3.63, 3.8) is 0 Å². The molecule has 0 unspecified atom stereocenters. The van der Waals surface area contributed by atoms with Crippen molar-refractivity contribution in [3.05, 3.63) is 52.4 Å². The predicted octanol–water partition coefficient (Wildman–Crippen LogP) is 2.38. The maximum Gasteiger partial charge on any atom is 0.262 e. The first-order chi connectivity index (χ1) is 9.00. The van der Waals surface area contributed by atoms with E-state index in [1.165, 1.54) is 11.4 Å². The summed E-state index contributed by atoms with van der Waals surface area (Å²) in [7, 11) is 0. The second-order valence-electron chi connectivity index (χ2n) is 3.58. The van der Waals surface area contributed by atoms with Crippen LogP contribution >= 0.6 is 11.3 Å². The largest absolute Gasteiger partial charge is 0.366 e. The molecule has 0 bridgehead atoms. The quantitative estimate of drug-likeness (QED) is 0.907. The monoisotopic (exact) mass is 282 g/mol. The normalized spacial score (nSPS) is 10.2. The van der Waals surface area contributed by atoms with Gasteiger partial charge in [-0.15, -0.1) is 11.3 Å². The van der Waals surface area contributed by atoms with Gasteiger partial charge in [-0.1, -0.05) is 6.07 Å². The summed E-state index contributed by atoms with van der Waals surface area (Å²) in [5.41, 5.74) is 4.49. The number of thiophene rings is 1. The molecule has 0 spiro atoms. The van der Waals surface area contributed by atoms with Gasteiger partial charge in [0.1, 0.15) is 22.2 Å². The number of anilines is 1. The van der Waals surface area contributed by atoms with Crippen molar-refractivity contribution in [1.82, 2.24) is 0 Å². The summed E-state index contributed by atoms with van der Waals surface area (Å²) < 4.78 is 26.8. The van der Waals surface area contributed by atoms with Gasteiger partial charge in [-0.2, -0.15) is 0 Å². The number of nitrogens with two attached hydrogens (primary N) is 1. The van der Waals surface area contributed by atoms with Crippen LogP contribution in [0.3, 0.4) is 0 Å². The summed E-state index contributed by atoms with van der Waals surface area (Å²) in [6.45, 7) is 0. The zero-order valence-electron chi connectivity index (χ0n) is 9.44. The molecule has 2 amide bonds. The molecule has 1 aromatic heterocycles. The molecule has 2 rings (SSSR count). The van der Waals surface area contributed by atoms with Crippen LogP contribution in [-0.4, -0.2) is 11.8 Å². The molecule has 1 heterocycles. The predicted molar refractivity (Wildman–Crippen MR) is 67.1 cm³/mol. The van der Waals surface area contributed by atoms with Crippen LogP contribution in [0.5, 0.6) is 0 Å². The Balaban J connectivity index is 2.31. The molecule has 0 aliphatic carbocycles. The molecule has 4 nitrogen and oxygen atoms in total.